The van der Waals surface area contributed by atoms with Crippen molar-refractivity contribution in [3.8, 4) is 0 Å². The van der Waals surface area contributed by atoms with E-state index in [-0.39, 0.29) is 29.4 Å². The summed E-state index contributed by atoms with van der Waals surface area (Å²) < 4.78 is 0. The van der Waals surface area contributed by atoms with E-state index in [1.54, 1.807) is 24.6 Å². The Kier molecular flexibility index (Phi) is 7.81. The van der Waals surface area contributed by atoms with Crippen LogP contribution in [0.5, 0.6) is 0 Å². The molecule has 0 fully saturated rings. The molecule has 0 amide bonds. The molecule has 2 aromatic rings. The predicted molar refractivity (Wildman–Crippen MR) is 105 cm³/mol. The number of guanidine groups is 1. The maximum atomic E-state index is 4.29. The minimum atomic E-state index is 0. The molecule has 0 aliphatic carbocycles. The second-order valence-electron chi connectivity index (χ2n) is 5.46. The third-order valence-corrected chi connectivity index (χ3v) is 4.51. The Balaban J connectivity index is 0.00000242. The van der Waals surface area contributed by atoms with Gasteiger partial charge < -0.3 is 10.6 Å². The molecule has 2 aromatic heterocycles. The van der Waals surface area contributed by atoms with Gasteiger partial charge in [-0.1, -0.05) is 26.0 Å². The standard InChI is InChI=1S/C16H22N4S.HI/c1-16(2,14-8-6-10-21-14)12-20-15(17-3)19-11-13-7-4-5-9-18-13;/h4-10H,11-12H2,1-3H3,(H2,17,19,20);1H. The first-order valence-corrected chi connectivity index (χ1v) is 7.88. The summed E-state index contributed by atoms with van der Waals surface area (Å²) in [5, 5.41) is 8.79. The number of halogens is 1. The maximum Gasteiger partial charge on any atom is 0.191 e. The Labute approximate surface area is 153 Å². The molecule has 0 aromatic carbocycles. The quantitative estimate of drug-likeness (QED) is 0.434. The van der Waals surface area contributed by atoms with E-state index < -0.39 is 0 Å². The lowest BCUT2D eigenvalue weighted by Crippen LogP contribution is -2.43. The molecule has 0 radical (unpaired) electrons. The molecule has 4 nitrogen and oxygen atoms in total. The summed E-state index contributed by atoms with van der Waals surface area (Å²) in [6, 6.07) is 10.2. The molecule has 0 atom stereocenters. The molecule has 0 saturated carbocycles. The van der Waals surface area contributed by atoms with Gasteiger partial charge in [0.1, 0.15) is 0 Å². The van der Waals surface area contributed by atoms with Crippen molar-refractivity contribution in [3.63, 3.8) is 0 Å². The zero-order valence-corrected chi connectivity index (χ0v) is 16.3. The lowest BCUT2D eigenvalue weighted by Gasteiger charge is -2.25. The van der Waals surface area contributed by atoms with Crippen molar-refractivity contribution < 1.29 is 0 Å². The average molecular weight is 430 g/mol. The summed E-state index contributed by atoms with van der Waals surface area (Å²) in [6.45, 7) is 5.96. The van der Waals surface area contributed by atoms with E-state index in [4.69, 9.17) is 0 Å². The molecule has 2 N–H and O–H groups in total. The monoisotopic (exact) mass is 430 g/mol. The number of nitrogens with zero attached hydrogens (tertiary/aromatic N) is 2. The zero-order valence-electron chi connectivity index (χ0n) is 13.2. The van der Waals surface area contributed by atoms with Gasteiger partial charge in [-0.3, -0.25) is 9.98 Å². The fourth-order valence-electron chi connectivity index (χ4n) is 1.95. The van der Waals surface area contributed by atoms with Gasteiger partial charge in [0.25, 0.3) is 0 Å². The molecule has 0 bridgehead atoms. The molecule has 0 saturated heterocycles. The highest BCUT2D eigenvalue weighted by Gasteiger charge is 2.21. The maximum absolute atomic E-state index is 4.29. The molecule has 120 valence electrons. The summed E-state index contributed by atoms with van der Waals surface area (Å²) in [5.41, 5.74) is 1.08. The summed E-state index contributed by atoms with van der Waals surface area (Å²) in [7, 11) is 1.78. The first-order chi connectivity index (χ1) is 10.1. The molecule has 0 spiro atoms. The number of rotatable bonds is 5. The summed E-state index contributed by atoms with van der Waals surface area (Å²) in [4.78, 5) is 9.92. The minimum Gasteiger partial charge on any atom is -0.356 e. The Morgan fingerprint density at radius 3 is 2.64 bits per heavy atom. The number of nitrogens with one attached hydrogen (secondary N) is 2. The lowest BCUT2D eigenvalue weighted by atomic mass is 9.91. The van der Waals surface area contributed by atoms with E-state index in [9.17, 15) is 0 Å². The van der Waals surface area contributed by atoms with Crippen LogP contribution >= 0.6 is 35.3 Å². The average Bonchev–Trinajstić information content (AvgIpc) is 3.03. The van der Waals surface area contributed by atoms with Gasteiger partial charge in [0.05, 0.1) is 12.2 Å². The highest BCUT2D eigenvalue weighted by Crippen LogP contribution is 2.26. The van der Waals surface area contributed by atoms with E-state index in [1.165, 1.54) is 4.88 Å². The topological polar surface area (TPSA) is 49.3 Å². The van der Waals surface area contributed by atoms with E-state index >= 15 is 0 Å². The van der Waals surface area contributed by atoms with Crippen LogP contribution in [0, 0.1) is 0 Å². The smallest absolute Gasteiger partial charge is 0.191 e. The van der Waals surface area contributed by atoms with Crippen molar-refractivity contribution in [1.29, 1.82) is 0 Å². The van der Waals surface area contributed by atoms with Crippen LogP contribution in [-0.4, -0.2) is 24.5 Å². The lowest BCUT2D eigenvalue weighted by molar-refractivity contribution is 0.518. The number of aromatic nitrogens is 1. The molecule has 0 aliphatic rings. The third-order valence-electron chi connectivity index (χ3n) is 3.27. The van der Waals surface area contributed by atoms with Crippen LogP contribution in [0.2, 0.25) is 0 Å². The summed E-state index contributed by atoms with van der Waals surface area (Å²) in [5.74, 6) is 0.797. The highest BCUT2D eigenvalue weighted by atomic mass is 127. The van der Waals surface area contributed by atoms with E-state index in [1.807, 2.05) is 18.2 Å². The third kappa shape index (κ3) is 5.57. The number of pyridine rings is 1. The van der Waals surface area contributed by atoms with Gasteiger partial charge in [-0.15, -0.1) is 35.3 Å². The van der Waals surface area contributed by atoms with Crippen molar-refractivity contribution in [1.82, 2.24) is 15.6 Å². The van der Waals surface area contributed by atoms with Gasteiger partial charge in [0.2, 0.25) is 0 Å². The summed E-state index contributed by atoms with van der Waals surface area (Å²) >= 11 is 1.79. The van der Waals surface area contributed by atoms with Crippen molar-refractivity contribution in [2.75, 3.05) is 13.6 Å². The van der Waals surface area contributed by atoms with Crippen LogP contribution in [0.1, 0.15) is 24.4 Å². The van der Waals surface area contributed by atoms with Gasteiger partial charge in [-0.25, -0.2) is 0 Å². The van der Waals surface area contributed by atoms with E-state index in [0.717, 1.165) is 18.2 Å². The van der Waals surface area contributed by atoms with Crippen LogP contribution in [0.4, 0.5) is 0 Å². The van der Waals surface area contributed by atoms with Crippen LogP contribution < -0.4 is 10.6 Å². The Morgan fingerprint density at radius 1 is 1.23 bits per heavy atom. The Bertz CT molecular complexity index is 567. The number of aliphatic imine (C=N–C) groups is 1. The normalized spacial score (nSPS) is 11.7. The fourth-order valence-corrected chi connectivity index (χ4v) is 2.81. The van der Waals surface area contributed by atoms with Gasteiger partial charge in [-0.05, 0) is 23.6 Å². The van der Waals surface area contributed by atoms with E-state index in [0.29, 0.717) is 6.54 Å². The zero-order chi connectivity index (χ0) is 15.1. The minimum absolute atomic E-state index is 0. The van der Waals surface area contributed by atoms with E-state index in [2.05, 4.69) is 52.0 Å². The van der Waals surface area contributed by atoms with Crippen LogP contribution in [-0.2, 0) is 12.0 Å². The molecular weight excluding hydrogens is 407 g/mol. The molecule has 0 unspecified atom stereocenters. The van der Waals surface area contributed by atoms with Crippen molar-refractivity contribution in [2.24, 2.45) is 4.99 Å². The molecule has 0 aliphatic heterocycles. The molecular formula is C16H23IN4S. The second-order valence-corrected chi connectivity index (χ2v) is 6.41. The number of hydrogen-bond donors (Lipinski definition) is 2. The predicted octanol–water partition coefficient (Wildman–Crippen LogP) is 3.40. The van der Waals surface area contributed by atoms with Crippen LogP contribution in [0.15, 0.2) is 46.9 Å². The largest absolute Gasteiger partial charge is 0.356 e. The van der Waals surface area contributed by atoms with Crippen LogP contribution in [0.3, 0.4) is 0 Å². The fraction of sp³-hybridized carbons (Fsp3) is 0.375. The molecule has 2 heterocycles. The molecule has 2 rings (SSSR count). The molecule has 6 heteroatoms. The van der Waals surface area contributed by atoms with Crippen molar-refractivity contribution in [3.05, 3.63) is 52.5 Å². The van der Waals surface area contributed by atoms with Crippen LogP contribution in [0.25, 0.3) is 0 Å². The SMILES string of the molecule is CN=C(NCc1ccccn1)NCC(C)(C)c1cccs1.I. The first-order valence-electron chi connectivity index (χ1n) is 7.00. The second kappa shape index (κ2) is 9.09. The Hall–Kier alpha value is -1.15. The number of hydrogen-bond acceptors (Lipinski definition) is 3. The first kappa shape index (κ1) is 18.9. The highest BCUT2D eigenvalue weighted by molar-refractivity contribution is 14.0. The van der Waals surface area contributed by atoms with Gasteiger partial charge in [0, 0.05) is 30.1 Å². The number of thiophene rings is 1. The Morgan fingerprint density at radius 2 is 2.05 bits per heavy atom. The van der Waals surface area contributed by atoms with Gasteiger partial charge in [0.15, 0.2) is 5.96 Å². The molecule has 22 heavy (non-hydrogen) atoms. The summed E-state index contributed by atoms with van der Waals surface area (Å²) in [6.07, 6.45) is 1.80. The van der Waals surface area contributed by atoms with Crippen molar-refractivity contribution >= 4 is 41.3 Å². The van der Waals surface area contributed by atoms with Gasteiger partial charge in [-0.2, -0.15) is 0 Å². The van der Waals surface area contributed by atoms with Gasteiger partial charge >= 0.3 is 0 Å². The van der Waals surface area contributed by atoms with Crippen molar-refractivity contribution in [2.45, 2.75) is 25.8 Å².